The molecule has 0 aliphatic rings. The normalized spacial score (nSPS) is 15.6. The summed E-state index contributed by atoms with van der Waals surface area (Å²) in [4.78, 5) is 0. The van der Waals surface area contributed by atoms with Gasteiger partial charge in [0.2, 0.25) is 0 Å². The van der Waals surface area contributed by atoms with Crippen LogP contribution < -0.4 is 4.74 Å². The van der Waals surface area contributed by atoms with E-state index in [2.05, 4.69) is 0 Å². The Morgan fingerprint density at radius 1 is 1.31 bits per heavy atom. The number of rotatable bonds is 3. The Hall–Kier alpha value is -1.23. The summed E-state index contributed by atoms with van der Waals surface area (Å²) in [7, 11) is 1.36. The third kappa shape index (κ3) is 2.14. The van der Waals surface area contributed by atoms with Crippen molar-refractivity contribution in [3.63, 3.8) is 0 Å². The Bertz CT molecular complexity index is 362. The number of ether oxygens (including phenoxy) is 1. The molecule has 0 saturated carbocycles. The number of methoxy groups -OCH3 is 1. The quantitative estimate of drug-likeness (QED) is 0.871. The standard InChI is InChI=1S/C11H13F3O2/c1-3-10(15,11(12,13)14)8-5-4-6-9(7-8)16-2/h4-7,15H,3H2,1-2H3. The molecule has 1 aromatic rings. The van der Waals surface area contributed by atoms with Gasteiger partial charge in [-0.2, -0.15) is 13.2 Å². The van der Waals surface area contributed by atoms with Gasteiger partial charge in [0.05, 0.1) is 7.11 Å². The van der Waals surface area contributed by atoms with Crippen LogP contribution in [0, 0.1) is 0 Å². The molecule has 0 amide bonds. The Kier molecular flexibility index (Phi) is 3.48. The van der Waals surface area contributed by atoms with Crippen molar-refractivity contribution in [1.82, 2.24) is 0 Å². The van der Waals surface area contributed by atoms with Gasteiger partial charge in [-0.25, -0.2) is 0 Å². The van der Waals surface area contributed by atoms with Crippen LogP contribution in [0.15, 0.2) is 24.3 Å². The van der Waals surface area contributed by atoms with Crippen molar-refractivity contribution in [3.05, 3.63) is 29.8 Å². The van der Waals surface area contributed by atoms with Crippen molar-refractivity contribution >= 4 is 0 Å². The largest absolute Gasteiger partial charge is 0.497 e. The molecule has 0 bridgehead atoms. The smallest absolute Gasteiger partial charge is 0.421 e. The van der Waals surface area contributed by atoms with Crippen LogP contribution >= 0.6 is 0 Å². The molecule has 2 nitrogen and oxygen atoms in total. The summed E-state index contributed by atoms with van der Waals surface area (Å²) >= 11 is 0. The molecular formula is C11H13F3O2. The second-order valence-corrected chi connectivity index (χ2v) is 3.44. The number of hydrogen-bond acceptors (Lipinski definition) is 2. The minimum Gasteiger partial charge on any atom is -0.497 e. The molecule has 1 aromatic carbocycles. The summed E-state index contributed by atoms with van der Waals surface area (Å²) in [5.41, 5.74) is -3.02. The van der Waals surface area contributed by atoms with Crippen molar-refractivity contribution in [1.29, 1.82) is 0 Å². The highest BCUT2D eigenvalue weighted by molar-refractivity contribution is 5.33. The van der Waals surface area contributed by atoms with E-state index >= 15 is 0 Å². The summed E-state index contributed by atoms with van der Waals surface area (Å²) in [6.07, 6.45) is -5.14. The number of alkyl halides is 3. The van der Waals surface area contributed by atoms with Crippen LogP contribution in [0.25, 0.3) is 0 Å². The van der Waals surface area contributed by atoms with Crippen molar-refractivity contribution < 1.29 is 23.0 Å². The van der Waals surface area contributed by atoms with Crippen LogP contribution in [-0.4, -0.2) is 18.4 Å². The molecule has 0 spiro atoms. The highest BCUT2D eigenvalue weighted by atomic mass is 19.4. The van der Waals surface area contributed by atoms with E-state index < -0.39 is 18.2 Å². The average molecular weight is 234 g/mol. The summed E-state index contributed by atoms with van der Waals surface area (Å²) < 4.78 is 43.0. The first kappa shape index (κ1) is 12.8. The molecule has 0 aliphatic carbocycles. The zero-order chi connectivity index (χ0) is 12.4. The van der Waals surface area contributed by atoms with Crippen LogP contribution in [0.3, 0.4) is 0 Å². The number of hydrogen-bond donors (Lipinski definition) is 1. The molecule has 90 valence electrons. The molecule has 5 heteroatoms. The number of aliphatic hydroxyl groups is 1. The van der Waals surface area contributed by atoms with Gasteiger partial charge in [-0.1, -0.05) is 19.1 Å². The van der Waals surface area contributed by atoms with Crippen molar-refractivity contribution in [2.45, 2.75) is 25.1 Å². The number of benzene rings is 1. The van der Waals surface area contributed by atoms with E-state index in [0.29, 0.717) is 0 Å². The predicted octanol–water partition coefficient (Wildman–Crippen LogP) is 2.86. The van der Waals surface area contributed by atoms with Crippen LogP contribution in [0.5, 0.6) is 5.75 Å². The highest BCUT2D eigenvalue weighted by Crippen LogP contribution is 2.42. The van der Waals surface area contributed by atoms with Crippen LogP contribution in [0.4, 0.5) is 13.2 Å². The summed E-state index contributed by atoms with van der Waals surface area (Å²) in [6.45, 7) is 1.28. The zero-order valence-electron chi connectivity index (χ0n) is 9.01. The van der Waals surface area contributed by atoms with Gasteiger partial charge in [-0.15, -0.1) is 0 Å². The van der Waals surface area contributed by atoms with E-state index in [1.54, 1.807) is 0 Å². The Labute approximate surface area is 91.7 Å². The van der Waals surface area contributed by atoms with Gasteiger partial charge in [0.25, 0.3) is 0 Å². The molecule has 1 rings (SSSR count). The maximum absolute atomic E-state index is 12.7. The van der Waals surface area contributed by atoms with E-state index in [9.17, 15) is 18.3 Å². The lowest BCUT2D eigenvalue weighted by Crippen LogP contribution is -2.41. The van der Waals surface area contributed by atoms with Gasteiger partial charge in [0, 0.05) is 0 Å². The first-order valence-corrected chi connectivity index (χ1v) is 4.78. The minimum absolute atomic E-state index is 0.207. The number of halogens is 3. The second-order valence-electron chi connectivity index (χ2n) is 3.44. The Balaban J connectivity index is 3.23. The molecule has 0 aliphatic heterocycles. The van der Waals surface area contributed by atoms with Gasteiger partial charge in [0.1, 0.15) is 5.75 Å². The van der Waals surface area contributed by atoms with E-state index in [4.69, 9.17) is 4.74 Å². The highest BCUT2D eigenvalue weighted by Gasteiger charge is 2.53. The van der Waals surface area contributed by atoms with Crippen LogP contribution in [-0.2, 0) is 5.60 Å². The lowest BCUT2D eigenvalue weighted by atomic mass is 9.90. The summed E-state index contributed by atoms with van der Waals surface area (Å²) in [5, 5.41) is 9.67. The monoisotopic (exact) mass is 234 g/mol. The van der Waals surface area contributed by atoms with Gasteiger partial charge >= 0.3 is 6.18 Å². The predicted molar refractivity (Wildman–Crippen MR) is 53.2 cm³/mol. The minimum atomic E-state index is -4.70. The first-order valence-electron chi connectivity index (χ1n) is 4.78. The fourth-order valence-corrected chi connectivity index (χ4v) is 1.45. The average Bonchev–Trinajstić information content (AvgIpc) is 2.26. The molecule has 1 unspecified atom stereocenters. The molecule has 0 saturated heterocycles. The fourth-order valence-electron chi connectivity index (χ4n) is 1.45. The third-order valence-electron chi connectivity index (χ3n) is 2.53. The molecule has 1 atom stereocenters. The summed E-state index contributed by atoms with van der Waals surface area (Å²) in [6, 6.07) is 5.37. The molecule has 0 radical (unpaired) electrons. The molecular weight excluding hydrogens is 221 g/mol. The molecule has 16 heavy (non-hydrogen) atoms. The van der Waals surface area contributed by atoms with E-state index in [1.807, 2.05) is 0 Å². The molecule has 0 heterocycles. The fraction of sp³-hybridized carbons (Fsp3) is 0.455. The second kappa shape index (κ2) is 4.33. The van der Waals surface area contributed by atoms with Crippen LogP contribution in [0.2, 0.25) is 0 Å². The molecule has 0 aromatic heterocycles. The van der Waals surface area contributed by atoms with E-state index in [0.717, 1.165) is 0 Å². The van der Waals surface area contributed by atoms with Crippen LogP contribution in [0.1, 0.15) is 18.9 Å². The Morgan fingerprint density at radius 2 is 1.94 bits per heavy atom. The Morgan fingerprint density at radius 3 is 2.38 bits per heavy atom. The third-order valence-corrected chi connectivity index (χ3v) is 2.53. The van der Waals surface area contributed by atoms with Gasteiger partial charge in [-0.3, -0.25) is 0 Å². The van der Waals surface area contributed by atoms with Gasteiger partial charge < -0.3 is 9.84 Å². The zero-order valence-corrected chi connectivity index (χ0v) is 9.01. The van der Waals surface area contributed by atoms with Crippen molar-refractivity contribution in [2.24, 2.45) is 0 Å². The van der Waals surface area contributed by atoms with Crippen molar-refractivity contribution in [3.8, 4) is 5.75 Å². The maximum atomic E-state index is 12.7. The topological polar surface area (TPSA) is 29.5 Å². The SMILES string of the molecule is CCC(O)(c1cccc(OC)c1)C(F)(F)F. The van der Waals surface area contributed by atoms with Gasteiger partial charge in [0.15, 0.2) is 5.60 Å². The molecule has 0 fully saturated rings. The molecule has 1 N–H and O–H groups in total. The van der Waals surface area contributed by atoms with E-state index in [-0.39, 0.29) is 11.3 Å². The van der Waals surface area contributed by atoms with E-state index in [1.165, 1.54) is 38.3 Å². The van der Waals surface area contributed by atoms with Crippen molar-refractivity contribution in [2.75, 3.05) is 7.11 Å². The lowest BCUT2D eigenvalue weighted by molar-refractivity contribution is -0.267. The maximum Gasteiger partial charge on any atom is 0.421 e. The first-order chi connectivity index (χ1) is 7.35. The van der Waals surface area contributed by atoms with Gasteiger partial charge in [-0.05, 0) is 24.1 Å². The summed E-state index contributed by atoms with van der Waals surface area (Å²) in [5.74, 6) is 0.286. The lowest BCUT2D eigenvalue weighted by Gasteiger charge is -2.29.